The van der Waals surface area contributed by atoms with Gasteiger partial charge in [-0.05, 0) is 56.6 Å². The lowest BCUT2D eigenvalue weighted by molar-refractivity contribution is -0.166. The molecule has 124 valence electrons. The zero-order valence-electron chi connectivity index (χ0n) is 13.6. The van der Waals surface area contributed by atoms with E-state index in [0.717, 1.165) is 32.4 Å². The number of rotatable bonds is 1. The van der Waals surface area contributed by atoms with Gasteiger partial charge in [0, 0.05) is 23.4 Å². The Morgan fingerprint density at radius 3 is 3.04 bits per heavy atom. The van der Waals surface area contributed by atoms with Crippen molar-refractivity contribution in [3.63, 3.8) is 0 Å². The molecule has 0 aromatic heterocycles. The van der Waals surface area contributed by atoms with Crippen molar-refractivity contribution in [2.45, 2.75) is 50.2 Å². The van der Waals surface area contributed by atoms with E-state index in [1.807, 2.05) is 13.0 Å². The third-order valence-corrected chi connectivity index (χ3v) is 7.45. The largest absolute Gasteiger partial charge is 0.504 e. The van der Waals surface area contributed by atoms with Gasteiger partial charge in [-0.2, -0.15) is 0 Å². The Balaban J connectivity index is 1.73. The van der Waals surface area contributed by atoms with E-state index in [1.165, 1.54) is 12.0 Å². The average Bonchev–Trinajstić information content (AvgIpc) is 2.91. The summed E-state index contributed by atoms with van der Waals surface area (Å²) in [6.07, 6.45) is 4.27. The summed E-state index contributed by atoms with van der Waals surface area (Å²) in [5.41, 5.74) is 1.38. The molecule has 3 saturated carbocycles. The quantitative estimate of drug-likeness (QED) is 0.743. The number of hydrogen-bond acceptors (Lipinski definition) is 4. The molecule has 4 nitrogen and oxygen atoms in total. The Labute approximate surface area is 136 Å². The van der Waals surface area contributed by atoms with Crippen LogP contribution in [0.25, 0.3) is 0 Å². The van der Waals surface area contributed by atoms with Crippen molar-refractivity contribution in [2.75, 3.05) is 13.1 Å². The summed E-state index contributed by atoms with van der Waals surface area (Å²) in [5.74, 6) is 1.68. The molecule has 3 aliphatic carbocycles. The number of phenols is 1. The molecule has 1 saturated heterocycles. The van der Waals surface area contributed by atoms with Crippen molar-refractivity contribution in [3.8, 4) is 11.5 Å². The zero-order chi connectivity index (χ0) is 15.8. The summed E-state index contributed by atoms with van der Waals surface area (Å²) < 4.78 is 6.42. The molecule has 0 amide bonds. The van der Waals surface area contributed by atoms with E-state index < -0.39 is 0 Å². The van der Waals surface area contributed by atoms with Crippen molar-refractivity contribution in [1.29, 1.82) is 0 Å². The molecule has 2 heterocycles. The number of phenolic OH excluding ortho intramolecular Hbond substituents is 1. The Morgan fingerprint density at radius 2 is 2.22 bits per heavy atom. The summed E-state index contributed by atoms with van der Waals surface area (Å²) in [4.78, 5) is 0. The van der Waals surface area contributed by atoms with Gasteiger partial charge in [0.1, 0.15) is 6.10 Å². The zero-order valence-corrected chi connectivity index (χ0v) is 13.6. The summed E-state index contributed by atoms with van der Waals surface area (Å²) in [7, 11) is 0. The van der Waals surface area contributed by atoms with Crippen LogP contribution < -0.4 is 10.1 Å². The maximum absolute atomic E-state index is 10.4. The van der Waals surface area contributed by atoms with Crippen LogP contribution in [0.15, 0.2) is 18.2 Å². The summed E-state index contributed by atoms with van der Waals surface area (Å²) in [6.45, 7) is 3.93. The van der Waals surface area contributed by atoms with E-state index in [1.54, 1.807) is 6.07 Å². The highest BCUT2D eigenvalue weighted by atomic mass is 16.5. The van der Waals surface area contributed by atoms with E-state index >= 15 is 0 Å². The molecule has 1 aromatic carbocycles. The fourth-order valence-electron chi connectivity index (χ4n) is 6.57. The van der Waals surface area contributed by atoms with Gasteiger partial charge in [-0.3, -0.25) is 0 Å². The molecular weight excluding hydrogens is 290 g/mol. The van der Waals surface area contributed by atoms with Crippen LogP contribution in [-0.2, 0) is 5.41 Å². The van der Waals surface area contributed by atoms with Crippen molar-refractivity contribution >= 4 is 0 Å². The first kappa shape index (κ1) is 14.1. The molecule has 6 rings (SSSR count). The van der Waals surface area contributed by atoms with Crippen LogP contribution in [0.5, 0.6) is 11.5 Å². The maximum atomic E-state index is 10.4. The minimum Gasteiger partial charge on any atom is -0.504 e. The molecule has 0 radical (unpaired) electrons. The first-order valence-electron chi connectivity index (χ1n) is 8.97. The predicted molar refractivity (Wildman–Crippen MR) is 86.6 cm³/mol. The van der Waals surface area contributed by atoms with Gasteiger partial charge in [0.2, 0.25) is 0 Å². The van der Waals surface area contributed by atoms with Crippen LogP contribution in [0, 0.1) is 17.3 Å². The SMILES string of the molecule is CC(O)C1CC23CCC1C1Oc4c(O)cccc4C12CCNC3. The van der Waals surface area contributed by atoms with Crippen LogP contribution in [0.4, 0.5) is 0 Å². The van der Waals surface area contributed by atoms with Gasteiger partial charge < -0.3 is 20.3 Å². The van der Waals surface area contributed by atoms with E-state index in [2.05, 4.69) is 11.4 Å². The maximum Gasteiger partial charge on any atom is 0.165 e. The number of benzene rings is 1. The van der Waals surface area contributed by atoms with Gasteiger partial charge in [0.15, 0.2) is 11.5 Å². The number of aromatic hydroxyl groups is 1. The van der Waals surface area contributed by atoms with E-state index in [4.69, 9.17) is 4.74 Å². The van der Waals surface area contributed by atoms with Crippen molar-refractivity contribution in [2.24, 2.45) is 17.3 Å². The van der Waals surface area contributed by atoms with Crippen LogP contribution in [0.1, 0.15) is 38.2 Å². The lowest BCUT2D eigenvalue weighted by Gasteiger charge is -2.65. The molecule has 1 aromatic rings. The van der Waals surface area contributed by atoms with Gasteiger partial charge in [-0.1, -0.05) is 12.1 Å². The minimum atomic E-state index is -0.294. The Kier molecular flexibility index (Phi) is 2.71. The van der Waals surface area contributed by atoms with E-state index in [-0.39, 0.29) is 28.8 Å². The fourth-order valence-corrected chi connectivity index (χ4v) is 6.57. The first-order chi connectivity index (χ1) is 11.1. The van der Waals surface area contributed by atoms with Crippen LogP contribution in [0.3, 0.4) is 0 Å². The number of piperidine rings is 1. The summed E-state index contributed by atoms with van der Waals surface area (Å²) in [6, 6.07) is 5.85. The van der Waals surface area contributed by atoms with Crippen LogP contribution >= 0.6 is 0 Å². The molecule has 2 spiro atoms. The first-order valence-corrected chi connectivity index (χ1v) is 8.97. The molecular formula is C19H25NO3. The normalized spacial score (nSPS) is 44.9. The highest BCUT2D eigenvalue weighted by Crippen LogP contribution is 2.70. The monoisotopic (exact) mass is 315 g/mol. The van der Waals surface area contributed by atoms with Crippen LogP contribution in [0.2, 0.25) is 0 Å². The number of ether oxygens (including phenoxy) is 1. The number of para-hydroxylation sites is 1. The molecule has 6 atom stereocenters. The lowest BCUT2D eigenvalue weighted by Crippen LogP contribution is -2.71. The number of aliphatic hydroxyl groups is 1. The van der Waals surface area contributed by atoms with Gasteiger partial charge >= 0.3 is 0 Å². The van der Waals surface area contributed by atoms with Crippen molar-refractivity contribution in [1.82, 2.24) is 5.32 Å². The minimum absolute atomic E-state index is 0.0145. The Hall–Kier alpha value is -1.26. The highest BCUT2D eigenvalue weighted by molar-refractivity contribution is 5.56. The summed E-state index contributed by atoms with van der Waals surface area (Å²) >= 11 is 0. The van der Waals surface area contributed by atoms with E-state index in [0.29, 0.717) is 17.6 Å². The molecule has 2 bridgehead atoms. The second kappa shape index (κ2) is 4.42. The van der Waals surface area contributed by atoms with Crippen molar-refractivity contribution in [3.05, 3.63) is 23.8 Å². The highest BCUT2D eigenvalue weighted by Gasteiger charge is 2.71. The number of fused-ring (bicyclic) bond motifs is 3. The Morgan fingerprint density at radius 1 is 1.35 bits per heavy atom. The van der Waals surface area contributed by atoms with Gasteiger partial charge in [-0.15, -0.1) is 0 Å². The predicted octanol–water partition coefficient (Wildman–Crippen LogP) is 2.18. The average molecular weight is 315 g/mol. The molecule has 6 unspecified atom stereocenters. The topological polar surface area (TPSA) is 61.7 Å². The molecule has 2 aliphatic heterocycles. The standard InChI is InChI=1S/C19H25NO3/c1-11(21)13-9-18-6-5-12(13)17-19(18,7-8-20-10-18)14-3-2-4-15(22)16(14)23-17/h2-4,11-13,17,20-22H,5-10H2,1H3. The number of nitrogens with one attached hydrogen (secondary N) is 1. The van der Waals surface area contributed by atoms with E-state index in [9.17, 15) is 10.2 Å². The van der Waals surface area contributed by atoms with Crippen LogP contribution in [-0.4, -0.2) is 35.5 Å². The third-order valence-electron chi connectivity index (χ3n) is 7.45. The Bertz CT molecular complexity index is 656. The third kappa shape index (κ3) is 1.50. The van der Waals surface area contributed by atoms with Gasteiger partial charge in [0.25, 0.3) is 0 Å². The smallest absolute Gasteiger partial charge is 0.165 e. The van der Waals surface area contributed by atoms with Gasteiger partial charge in [0.05, 0.1) is 6.10 Å². The second-order valence-electron chi connectivity index (χ2n) is 8.18. The molecule has 4 fully saturated rings. The fraction of sp³-hybridized carbons (Fsp3) is 0.684. The molecule has 23 heavy (non-hydrogen) atoms. The molecule has 3 N–H and O–H groups in total. The summed E-state index contributed by atoms with van der Waals surface area (Å²) in [5, 5.41) is 24.3. The lowest BCUT2D eigenvalue weighted by atomic mass is 9.40. The number of hydrogen-bond donors (Lipinski definition) is 3. The van der Waals surface area contributed by atoms with Gasteiger partial charge in [-0.25, -0.2) is 0 Å². The second-order valence-corrected chi connectivity index (χ2v) is 8.18. The molecule has 5 aliphatic rings. The van der Waals surface area contributed by atoms with Crippen molar-refractivity contribution < 1.29 is 14.9 Å². The molecule has 4 heteroatoms. The number of aliphatic hydroxyl groups excluding tert-OH is 1.